The van der Waals surface area contributed by atoms with Crippen molar-refractivity contribution in [2.75, 3.05) is 7.05 Å². The van der Waals surface area contributed by atoms with E-state index in [0.717, 1.165) is 12.3 Å². The lowest BCUT2D eigenvalue weighted by Crippen LogP contribution is -2.07. The highest BCUT2D eigenvalue weighted by Gasteiger charge is 2.18. The lowest BCUT2D eigenvalue weighted by Gasteiger charge is -2.12. The van der Waals surface area contributed by atoms with E-state index in [4.69, 9.17) is 4.74 Å². The Morgan fingerprint density at radius 1 is 1.31 bits per heavy atom. The van der Waals surface area contributed by atoms with E-state index in [9.17, 15) is 0 Å². The predicted molar refractivity (Wildman–Crippen MR) is 52.0 cm³/mol. The summed E-state index contributed by atoms with van der Waals surface area (Å²) in [6.07, 6.45) is 3.24. The van der Waals surface area contributed by atoms with Gasteiger partial charge in [0.25, 0.3) is 0 Å². The van der Waals surface area contributed by atoms with E-state index in [-0.39, 0.29) is 6.10 Å². The molecule has 0 saturated heterocycles. The van der Waals surface area contributed by atoms with E-state index < -0.39 is 0 Å². The van der Waals surface area contributed by atoms with E-state index >= 15 is 0 Å². The molecule has 13 heavy (non-hydrogen) atoms. The molecule has 0 aliphatic carbocycles. The molecule has 2 rings (SSSR count). The van der Waals surface area contributed by atoms with Gasteiger partial charge < -0.3 is 10.1 Å². The minimum atomic E-state index is 0.198. The Morgan fingerprint density at radius 3 is 2.69 bits per heavy atom. The standard InChI is InChI=1S/C11H13NO/c1-12-11-8-7-10(13-11)9-5-3-2-4-6-9/h2-6,8,10,12H,7H2,1H3. The van der Waals surface area contributed by atoms with Gasteiger partial charge in [0.2, 0.25) is 0 Å². The summed E-state index contributed by atoms with van der Waals surface area (Å²) in [4.78, 5) is 0. The Morgan fingerprint density at radius 2 is 2.08 bits per heavy atom. The van der Waals surface area contributed by atoms with E-state index in [0.29, 0.717) is 0 Å². The largest absolute Gasteiger partial charge is 0.471 e. The van der Waals surface area contributed by atoms with E-state index in [1.807, 2.05) is 25.2 Å². The minimum absolute atomic E-state index is 0.198. The molecule has 1 aliphatic rings. The molecule has 1 N–H and O–H groups in total. The first kappa shape index (κ1) is 8.17. The van der Waals surface area contributed by atoms with Gasteiger partial charge in [-0.3, -0.25) is 0 Å². The maximum absolute atomic E-state index is 5.65. The Labute approximate surface area is 78.2 Å². The molecule has 2 heteroatoms. The number of hydrogen-bond acceptors (Lipinski definition) is 2. The van der Waals surface area contributed by atoms with Crippen LogP contribution in [0.5, 0.6) is 0 Å². The maximum Gasteiger partial charge on any atom is 0.183 e. The van der Waals surface area contributed by atoms with Crippen molar-refractivity contribution in [3.05, 3.63) is 47.9 Å². The molecule has 1 aromatic carbocycles. The van der Waals surface area contributed by atoms with Gasteiger partial charge in [0.15, 0.2) is 5.88 Å². The molecule has 1 aliphatic heterocycles. The van der Waals surface area contributed by atoms with Crippen molar-refractivity contribution in [1.82, 2.24) is 5.32 Å². The number of nitrogens with one attached hydrogen (secondary N) is 1. The molecule has 1 aromatic rings. The average Bonchev–Trinajstić information content (AvgIpc) is 2.67. The molecule has 0 bridgehead atoms. The summed E-state index contributed by atoms with van der Waals surface area (Å²) in [6, 6.07) is 10.3. The summed E-state index contributed by atoms with van der Waals surface area (Å²) in [7, 11) is 1.87. The molecule has 1 atom stereocenters. The van der Waals surface area contributed by atoms with Crippen molar-refractivity contribution < 1.29 is 4.74 Å². The molecule has 0 spiro atoms. The van der Waals surface area contributed by atoms with Crippen LogP contribution in [0.1, 0.15) is 18.1 Å². The van der Waals surface area contributed by atoms with Crippen LogP contribution in [0.15, 0.2) is 42.3 Å². The van der Waals surface area contributed by atoms with Crippen LogP contribution in [0.25, 0.3) is 0 Å². The fourth-order valence-corrected chi connectivity index (χ4v) is 1.50. The van der Waals surface area contributed by atoms with Gasteiger partial charge in [0.1, 0.15) is 6.10 Å². The Kier molecular flexibility index (Phi) is 2.21. The molecule has 1 unspecified atom stereocenters. The second kappa shape index (κ2) is 3.52. The van der Waals surface area contributed by atoms with Crippen molar-refractivity contribution in [2.45, 2.75) is 12.5 Å². The van der Waals surface area contributed by atoms with Crippen LogP contribution in [-0.4, -0.2) is 7.05 Å². The fourth-order valence-electron chi connectivity index (χ4n) is 1.50. The highest BCUT2D eigenvalue weighted by molar-refractivity contribution is 5.20. The monoisotopic (exact) mass is 175 g/mol. The summed E-state index contributed by atoms with van der Waals surface area (Å²) in [5.41, 5.74) is 1.24. The Bertz CT molecular complexity index is 305. The van der Waals surface area contributed by atoms with E-state index in [2.05, 4.69) is 23.5 Å². The zero-order chi connectivity index (χ0) is 9.10. The van der Waals surface area contributed by atoms with Gasteiger partial charge in [-0.2, -0.15) is 0 Å². The zero-order valence-corrected chi connectivity index (χ0v) is 7.66. The Balaban J connectivity index is 2.07. The molecule has 1 heterocycles. The van der Waals surface area contributed by atoms with Crippen LogP contribution < -0.4 is 5.32 Å². The van der Waals surface area contributed by atoms with Crippen LogP contribution in [0.4, 0.5) is 0 Å². The van der Waals surface area contributed by atoms with Crippen molar-refractivity contribution in [3.8, 4) is 0 Å². The normalized spacial score (nSPS) is 20.7. The minimum Gasteiger partial charge on any atom is -0.471 e. The molecule has 68 valence electrons. The molecule has 0 radical (unpaired) electrons. The number of hydrogen-bond donors (Lipinski definition) is 1. The topological polar surface area (TPSA) is 21.3 Å². The van der Waals surface area contributed by atoms with Crippen LogP contribution in [-0.2, 0) is 4.74 Å². The van der Waals surface area contributed by atoms with Gasteiger partial charge in [-0.15, -0.1) is 0 Å². The fraction of sp³-hybridized carbons (Fsp3) is 0.273. The first-order chi connectivity index (χ1) is 6.40. The smallest absolute Gasteiger partial charge is 0.183 e. The van der Waals surface area contributed by atoms with Crippen molar-refractivity contribution >= 4 is 0 Å². The SMILES string of the molecule is CNC1=CCC(c2ccccc2)O1. The third-order valence-corrected chi connectivity index (χ3v) is 2.20. The summed E-state index contributed by atoms with van der Waals surface area (Å²) in [5.74, 6) is 0.883. The van der Waals surface area contributed by atoms with Crippen LogP contribution in [0.2, 0.25) is 0 Å². The van der Waals surface area contributed by atoms with Crippen molar-refractivity contribution in [3.63, 3.8) is 0 Å². The lowest BCUT2D eigenvalue weighted by atomic mass is 10.1. The maximum atomic E-state index is 5.65. The number of rotatable bonds is 2. The van der Waals surface area contributed by atoms with Gasteiger partial charge in [-0.05, 0) is 11.6 Å². The highest BCUT2D eigenvalue weighted by Crippen LogP contribution is 2.28. The predicted octanol–water partition coefficient (Wildman–Crippen LogP) is 2.21. The van der Waals surface area contributed by atoms with E-state index in [1.165, 1.54) is 5.56 Å². The number of ether oxygens (including phenoxy) is 1. The molecule has 2 nitrogen and oxygen atoms in total. The second-order valence-electron chi connectivity index (χ2n) is 3.07. The van der Waals surface area contributed by atoms with Gasteiger partial charge in [-0.1, -0.05) is 30.3 Å². The van der Waals surface area contributed by atoms with Crippen molar-refractivity contribution in [2.24, 2.45) is 0 Å². The first-order valence-electron chi connectivity index (χ1n) is 4.49. The second-order valence-corrected chi connectivity index (χ2v) is 3.07. The van der Waals surface area contributed by atoms with Gasteiger partial charge in [-0.25, -0.2) is 0 Å². The molecule has 0 amide bonds. The zero-order valence-electron chi connectivity index (χ0n) is 7.66. The third-order valence-electron chi connectivity index (χ3n) is 2.20. The average molecular weight is 175 g/mol. The molecular formula is C11H13NO. The van der Waals surface area contributed by atoms with Gasteiger partial charge in [0, 0.05) is 13.5 Å². The van der Waals surface area contributed by atoms with Crippen LogP contribution in [0.3, 0.4) is 0 Å². The lowest BCUT2D eigenvalue weighted by molar-refractivity contribution is 0.133. The molecule has 0 saturated carbocycles. The van der Waals surface area contributed by atoms with E-state index in [1.54, 1.807) is 0 Å². The third kappa shape index (κ3) is 1.66. The first-order valence-corrected chi connectivity index (χ1v) is 4.49. The van der Waals surface area contributed by atoms with Crippen LogP contribution >= 0.6 is 0 Å². The summed E-state index contributed by atoms with van der Waals surface area (Å²) >= 11 is 0. The summed E-state index contributed by atoms with van der Waals surface area (Å²) < 4.78 is 5.65. The summed E-state index contributed by atoms with van der Waals surface area (Å²) in [5, 5.41) is 3.00. The summed E-state index contributed by atoms with van der Waals surface area (Å²) in [6.45, 7) is 0. The van der Waals surface area contributed by atoms with Crippen molar-refractivity contribution in [1.29, 1.82) is 0 Å². The quantitative estimate of drug-likeness (QED) is 0.744. The molecule has 0 fully saturated rings. The number of benzene rings is 1. The molecular weight excluding hydrogens is 162 g/mol. The van der Waals surface area contributed by atoms with Gasteiger partial charge >= 0.3 is 0 Å². The Hall–Kier alpha value is -1.44. The molecule has 0 aromatic heterocycles. The van der Waals surface area contributed by atoms with Crippen LogP contribution in [0, 0.1) is 0 Å². The van der Waals surface area contributed by atoms with Gasteiger partial charge in [0.05, 0.1) is 0 Å². The highest BCUT2D eigenvalue weighted by atomic mass is 16.5.